The molecule has 2 nitrogen and oxygen atoms in total. The first-order valence-corrected chi connectivity index (χ1v) is 11.0. The van der Waals surface area contributed by atoms with Gasteiger partial charge in [0, 0.05) is 5.56 Å². The second-order valence-corrected chi connectivity index (χ2v) is 13.7. The molecule has 0 saturated heterocycles. The van der Waals surface area contributed by atoms with E-state index in [1.807, 2.05) is 24.3 Å². The van der Waals surface area contributed by atoms with Gasteiger partial charge in [-0.15, -0.1) is 0 Å². The van der Waals surface area contributed by atoms with Gasteiger partial charge < -0.3 is 9.16 Å². The summed E-state index contributed by atoms with van der Waals surface area (Å²) >= 11 is 6.81. The van der Waals surface area contributed by atoms with Crippen molar-refractivity contribution < 1.29 is 9.16 Å². The monoisotopic (exact) mass is 420 g/mol. The Balaban J connectivity index is 3.32. The van der Waals surface area contributed by atoms with Gasteiger partial charge in [0.2, 0.25) is 0 Å². The van der Waals surface area contributed by atoms with E-state index in [4.69, 9.17) is 9.16 Å². The molecule has 1 aromatic carbocycles. The minimum Gasteiger partial charge on any atom is -0.541 e. The third-order valence-corrected chi connectivity index (χ3v) is 8.44. The van der Waals surface area contributed by atoms with Crippen LogP contribution in [0.1, 0.15) is 26.3 Å². The first-order chi connectivity index (χ1) is 9.08. The smallest absolute Gasteiger partial charge is 0.250 e. The SMILES string of the molecule is COc1cccc(C=C(Br)Br)c1O[Si](C)(C)C(C)(C)C. The second kappa shape index (κ2) is 6.67. The molecular formula is C15H22Br2O2Si. The van der Waals surface area contributed by atoms with Crippen LogP contribution in [0.15, 0.2) is 21.6 Å². The van der Waals surface area contributed by atoms with Crippen molar-refractivity contribution in [3.63, 3.8) is 0 Å². The maximum Gasteiger partial charge on any atom is 0.250 e. The van der Waals surface area contributed by atoms with E-state index in [0.717, 1.165) is 20.5 Å². The number of para-hydroxylation sites is 1. The number of halogens is 2. The van der Waals surface area contributed by atoms with Crippen molar-refractivity contribution in [1.29, 1.82) is 0 Å². The Morgan fingerprint density at radius 2 is 1.80 bits per heavy atom. The van der Waals surface area contributed by atoms with Crippen LogP contribution in [0.5, 0.6) is 11.5 Å². The fraction of sp³-hybridized carbons (Fsp3) is 0.467. The fourth-order valence-corrected chi connectivity index (χ4v) is 2.97. The highest BCUT2D eigenvalue weighted by molar-refractivity contribution is 9.28. The van der Waals surface area contributed by atoms with Gasteiger partial charge in [-0.2, -0.15) is 0 Å². The molecule has 0 spiro atoms. The Kier molecular flexibility index (Phi) is 5.93. The van der Waals surface area contributed by atoms with Gasteiger partial charge in [-0.1, -0.05) is 32.9 Å². The lowest BCUT2D eigenvalue weighted by Crippen LogP contribution is -2.44. The lowest BCUT2D eigenvalue weighted by atomic mass is 10.2. The van der Waals surface area contributed by atoms with Crippen LogP contribution < -0.4 is 9.16 Å². The number of hydrogen-bond donors (Lipinski definition) is 0. The summed E-state index contributed by atoms with van der Waals surface area (Å²) in [5.74, 6) is 1.59. The fourth-order valence-electron chi connectivity index (χ4n) is 1.44. The molecule has 0 aliphatic rings. The number of methoxy groups -OCH3 is 1. The average molecular weight is 422 g/mol. The van der Waals surface area contributed by atoms with E-state index in [1.54, 1.807) is 7.11 Å². The first-order valence-electron chi connectivity index (χ1n) is 6.47. The standard InChI is InChI=1S/C15H22Br2O2Si/c1-15(2,3)20(5,6)19-14-11(10-13(16)17)8-7-9-12(14)18-4/h7-10H,1-6H3. The van der Waals surface area contributed by atoms with Crippen molar-refractivity contribution in [3.8, 4) is 11.5 Å². The molecule has 1 rings (SSSR count). The van der Waals surface area contributed by atoms with Gasteiger partial charge in [-0.3, -0.25) is 0 Å². The number of benzene rings is 1. The van der Waals surface area contributed by atoms with Crippen LogP contribution in [0.2, 0.25) is 18.1 Å². The van der Waals surface area contributed by atoms with E-state index >= 15 is 0 Å². The van der Waals surface area contributed by atoms with Crippen LogP contribution >= 0.6 is 31.9 Å². The zero-order valence-electron chi connectivity index (χ0n) is 12.9. The molecule has 0 atom stereocenters. The lowest BCUT2D eigenvalue weighted by Gasteiger charge is -2.37. The number of hydrogen-bond acceptors (Lipinski definition) is 2. The normalized spacial score (nSPS) is 12.0. The Morgan fingerprint density at radius 3 is 2.25 bits per heavy atom. The highest BCUT2D eigenvalue weighted by Gasteiger charge is 2.39. The van der Waals surface area contributed by atoms with Crippen molar-refractivity contribution >= 4 is 46.3 Å². The predicted molar refractivity (Wildman–Crippen MR) is 96.7 cm³/mol. The predicted octanol–water partition coefficient (Wildman–Crippen LogP) is 6.17. The zero-order valence-corrected chi connectivity index (χ0v) is 17.1. The second-order valence-electron chi connectivity index (χ2n) is 6.17. The first kappa shape index (κ1) is 17.8. The summed E-state index contributed by atoms with van der Waals surface area (Å²) in [6.07, 6.45) is 1.98. The molecular weight excluding hydrogens is 400 g/mol. The van der Waals surface area contributed by atoms with Crippen LogP contribution in [0.4, 0.5) is 0 Å². The van der Waals surface area contributed by atoms with E-state index in [9.17, 15) is 0 Å². The van der Waals surface area contributed by atoms with Gasteiger partial charge >= 0.3 is 0 Å². The molecule has 20 heavy (non-hydrogen) atoms. The summed E-state index contributed by atoms with van der Waals surface area (Å²) < 4.78 is 12.8. The number of ether oxygens (including phenoxy) is 1. The summed E-state index contributed by atoms with van der Waals surface area (Å²) in [7, 11) is -0.245. The molecule has 0 unspecified atom stereocenters. The van der Waals surface area contributed by atoms with Gasteiger partial charge in [-0.05, 0) is 62.1 Å². The quantitative estimate of drug-likeness (QED) is 0.541. The zero-order chi connectivity index (χ0) is 15.6. The van der Waals surface area contributed by atoms with Gasteiger partial charge in [0.1, 0.15) is 0 Å². The van der Waals surface area contributed by atoms with Crippen molar-refractivity contribution in [3.05, 3.63) is 27.2 Å². The van der Waals surface area contributed by atoms with E-state index < -0.39 is 8.32 Å². The minimum absolute atomic E-state index is 0.139. The Hall–Kier alpha value is -0.263. The van der Waals surface area contributed by atoms with Crippen LogP contribution in [-0.4, -0.2) is 15.4 Å². The molecule has 0 N–H and O–H groups in total. The molecule has 0 aromatic heterocycles. The maximum atomic E-state index is 6.45. The van der Waals surface area contributed by atoms with Crippen LogP contribution in [0, 0.1) is 0 Å². The maximum absolute atomic E-state index is 6.45. The average Bonchev–Trinajstić information content (AvgIpc) is 2.28. The molecule has 5 heteroatoms. The van der Waals surface area contributed by atoms with Crippen molar-refractivity contribution in [2.45, 2.75) is 38.9 Å². The summed E-state index contributed by atoms with van der Waals surface area (Å²) in [6.45, 7) is 11.1. The van der Waals surface area contributed by atoms with Crippen molar-refractivity contribution in [1.82, 2.24) is 0 Å². The Labute approximate surface area is 139 Å². The molecule has 0 heterocycles. The van der Waals surface area contributed by atoms with Gasteiger partial charge in [0.15, 0.2) is 11.5 Å². The topological polar surface area (TPSA) is 18.5 Å². The van der Waals surface area contributed by atoms with Gasteiger partial charge in [0.25, 0.3) is 8.32 Å². The number of rotatable bonds is 4. The van der Waals surface area contributed by atoms with Gasteiger partial charge in [0.05, 0.1) is 10.5 Å². The molecule has 0 aliphatic heterocycles. The summed E-state index contributed by atoms with van der Waals surface area (Å²) in [5.41, 5.74) is 0.998. The largest absolute Gasteiger partial charge is 0.541 e. The third-order valence-electron chi connectivity index (χ3n) is 3.66. The molecule has 0 fully saturated rings. The van der Waals surface area contributed by atoms with Crippen molar-refractivity contribution in [2.24, 2.45) is 0 Å². The van der Waals surface area contributed by atoms with E-state index in [-0.39, 0.29) is 5.04 Å². The molecule has 112 valence electrons. The highest BCUT2D eigenvalue weighted by atomic mass is 79.9. The molecule has 1 aromatic rings. The molecule has 0 amide bonds. The van der Waals surface area contributed by atoms with Crippen molar-refractivity contribution in [2.75, 3.05) is 7.11 Å². The molecule has 0 radical (unpaired) electrons. The molecule has 0 aliphatic carbocycles. The third kappa shape index (κ3) is 4.37. The van der Waals surface area contributed by atoms with Crippen LogP contribution in [0.3, 0.4) is 0 Å². The Morgan fingerprint density at radius 1 is 1.20 bits per heavy atom. The summed E-state index contributed by atoms with van der Waals surface area (Å²) in [4.78, 5) is 0. The Bertz CT molecular complexity index is 501. The van der Waals surface area contributed by atoms with E-state index in [2.05, 4.69) is 65.7 Å². The highest BCUT2D eigenvalue weighted by Crippen LogP contribution is 2.42. The minimum atomic E-state index is -1.92. The van der Waals surface area contributed by atoms with Gasteiger partial charge in [-0.25, -0.2) is 0 Å². The molecule has 0 bridgehead atoms. The van der Waals surface area contributed by atoms with Crippen LogP contribution in [-0.2, 0) is 0 Å². The summed E-state index contributed by atoms with van der Waals surface area (Å²) in [5, 5.41) is 0.139. The van der Waals surface area contributed by atoms with Crippen LogP contribution in [0.25, 0.3) is 6.08 Å². The van der Waals surface area contributed by atoms with E-state index in [1.165, 1.54) is 0 Å². The molecule has 0 saturated carbocycles. The summed E-state index contributed by atoms with van der Waals surface area (Å²) in [6, 6.07) is 5.92. The lowest BCUT2D eigenvalue weighted by molar-refractivity contribution is 0.385. The van der Waals surface area contributed by atoms with E-state index in [0.29, 0.717) is 0 Å².